The normalized spacial score (nSPS) is 10.4. The van der Waals surface area contributed by atoms with Crippen molar-refractivity contribution in [1.29, 1.82) is 0 Å². The maximum atomic E-state index is 13.0. The average molecular weight is 218 g/mol. The van der Waals surface area contributed by atoms with Crippen molar-refractivity contribution in [3.05, 3.63) is 52.2 Å². The number of hydrogen-bond donors (Lipinski definition) is 1. The van der Waals surface area contributed by atoms with Crippen molar-refractivity contribution in [3.8, 4) is 11.4 Å². The van der Waals surface area contributed by atoms with Gasteiger partial charge < -0.3 is 4.98 Å². The molecule has 1 aromatic heterocycles. The number of halogens is 1. The molecule has 0 unspecified atom stereocenters. The van der Waals surface area contributed by atoms with E-state index in [0.29, 0.717) is 23.5 Å². The average Bonchev–Trinajstić information content (AvgIpc) is 2.28. The molecule has 0 spiro atoms. The smallest absolute Gasteiger partial charge is 0.251 e. The fourth-order valence-electron chi connectivity index (χ4n) is 1.46. The van der Waals surface area contributed by atoms with Crippen LogP contribution in [0.25, 0.3) is 11.4 Å². The molecule has 0 aliphatic carbocycles. The molecule has 1 N–H and O–H groups in total. The van der Waals surface area contributed by atoms with Crippen molar-refractivity contribution in [2.75, 3.05) is 0 Å². The Morgan fingerprint density at radius 3 is 2.88 bits per heavy atom. The van der Waals surface area contributed by atoms with Crippen LogP contribution in [0.2, 0.25) is 0 Å². The molecule has 0 fully saturated rings. The van der Waals surface area contributed by atoms with Gasteiger partial charge in [-0.2, -0.15) is 0 Å². The van der Waals surface area contributed by atoms with Crippen LogP contribution in [0.1, 0.15) is 12.6 Å². The summed E-state index contributed by atoms with van der Waals surface area (Å²) in [5.41, 5.74) is 1.06. The van der Waals surface area contributed by atoms with Crippen LogP contribution in [-0.2, 0) is 6.42 Å². The van der Waals surface area contributed by atoms with Crippen LogP contribution in [0.5, 0.6) is 0 Å². The van der Waals surface area contributed by atoms with Gasteiger partial charge in [0, 0.05) is 17.3 Å². The fraction of sp³-hybridized carbons (Fsp3) is 0.167. The fourth-order valence-corrected chi connectivity index (χ4v) is 1.46. The molecule has 0 aliphatic rings. The monoisotopic (exact) mass is 218 g/mol. The van der Waals surface area contributed by atoms with E-state index in [1.54, 1.807) is 12.1 Å². The second kappa shape index (κ2) is 4.26. The SMILES string of the molecule is CCc1cc(=O)[nH]c(-c2cccc(F)c2)n1. The molecule has 0 amide bonds. The summed E-state index contributed by atoms with van der Waals surface area (Å²) in [5, 5.41) is 0. The summed E-state index contributed by atoms with van der Waals surface area (Å²) in [6.07, 6.45) is 0.673. The maximum Gasteiger partial charge on any atom is 0.251 e. The molecule has 2 aromatic rings. The zero-order valence-electron chi connectivity index (χ0n) is 8.83. The van der Waals surface area contributed by atoms with Crippen LogP contribution in [0, 0.1) is 5.82 Å². The van der Waals surface area contributed by atoms with E-state index in [1.807, 2.05) is 6.92 Å². The predicted molar refractivity (Wildman–Crippen MR) is 59.6 cm³/mol. The topological polar surface area (TPSA) is 45.8 Å². The first-order valence-electron chi connectivity index (χ1n) is 5.05. The van der Waals surface area contributed by atoms with Crippen LogP contribution in [0.3, 0.4) is 0 Å². The van der Waals surface area contributed by atoms with E-state index < -0.39 is 0 Å². The second-order valence-electron chi connectivity index (χ2n) is 3.45. The van der Waals surface area contributed by atoms with Gasteiger partial charge in [-0.25, -0.2) is 9.37 Å². The Kier molecular flexibility index (Phi) is 2.81. The predicted octanol–water partition coefficient (Wildman–Crippen LogP) is 2.14. The number of aryl methyl sites for hydroxylation is 1. The maximum absolute atomic E-state index is 13.0. The number of aromatic amines is 1. The van der Waals surface area contributed by atoms with Crippen molar-refractivity contribution in [1.82, 2.24) is 9.97 Å². The Morgan fingerprint density at radius 2 is 2.19 bits per heavy atom. The lowest BCUT2D eigenvalue weighted by Gasteiger charge is -2.02. The number of hydrogen-bond acceptors (Lipinski definition) is 2. The number of rotatable bonds is 2. The molecule has 1 aromatic carbocycles. The molecule has 2 rings (SSSR count). The van der Waals surface area contributed by atoms with Crippen molar-refractivity contribution in [2.24, 2.45) is 0 Å². The first-order valence-corrected chi connectivity index (χ1v) is 5.05. The molecule has 82 valence electrons. The Labute approximate surface area is 92.0 Å². The highest BCUT2D eigenvalue weighted by Crippen LogP contribution is 2.14. The summed E-state index contributed by atoms with van der Waals surface area (Å²) in [6.45, 7) is 1.91. The highest BCUT2D eigenvalue weighted by molar-refractivity contribution is 5.54. The van der Waals surface area contributed by atoms with Gasteiger partial charge in [-0.05, 0) is 18.6 Å². The largest absolute Gasteiger partial charge is 0.307 e. The molecule has 0 bridgehead atoms. The molecule has 3 nitrogen and oxygen atoms in total. The summed E-state index contributed by atoms with van der Waals surface area (Å²) < 4.78 is 13.0. The summed E-state index contributed by atoms with van der Waals surface area (Å²) in [5.74, 6) is 0.0610. The van der Waals surface area contributed by atoms with E-state index in [1.165, 1.54) is 18.2 Å². The molecule has 0 saturated heterocycles. The third-order valence-electron chi connectivity index (χ3n) is 2.26. The second-order valence-corrected chi connectivity index (χ2v) is 3.45. The van der Waals surface area contributed by atoms with E-state index in [-0.39, 0.29) is 11.4 Å². The van der Waals surface area contributed by atoms with Crippen LogP contribution in [-0.4, -0.2) is 9.97 Å². The number of nitrogens with one attached hydrogen (secondary N) is 1. The molecule has 0 atom stereocenters. The zero-order valence-corrected chi connectivity index (χ0v) is 8.83. The van der Waals surface area contributed by atoms with Crippen molar-refractivity contribution in [2.45, 2.75) is 13.3 Å². The van der Waals surface area contributed by atoms with Crippen LogP contribution < -0.4 is 5.56 Å². The summed E-state index contributed by atoms with van der Waals surface area (Å²) in [4.78, 5) is 18.2. The van der Waals surface area contributed by atoms with Gasteiger partial charge in [-0.3, -0.25) is 4.79 Å². The van der Waals surface area contributed by atoms with Crippen molar-refractivity contribution >= 4 is 0 Å². The Hall–Kier alpha value is -1.97. The van der Waals surface area contributed by atoms with Gasteiger partial charge >= 0.3 is 0 Å². The minimum absolute atomic E-state index is 0.217. The first kappa shape index (κ1) is 10.5. The highest BCUT2D eigenvalue weighted by Gasteiger charge is 2.03. The number of aromatic nitrogens is 2. The van der Waals surface area contributed by atoms with Gasteiger partial charge in [0.15, 0.2) is 0 Å². The summed E-state index contributed by atoms with van der Waals surface area (Å²) in [6, 6.07) is 7.44. The Morgan fingerprint density at radius 1 is 1.38 bits per heavy atom. The molecule has 4 heteroatoms. The summed E-state index contributed by atoms with van der Waals surface area (Å²) >= 11 is 0. The lowest BCUT2D eigenvalue weighted by atomic mass is 10.2. The van der Waals surface area contributed by atoms with Crippen LogP contribution in [0.15, 0.2) is 35.1 Å². The number of benzene rings is 1. The van der Waals surface area contributed by atoms with Crippen molar-refractivity contribution in [3.63, 3.8) is 0 Å². The minimum Gasteiger partial charge on any atom is -0.307 e. The van der Waals surface area contributed by atoms with Gasteiger partial charge in [0.05, 0.1) is 0 Å². The van der Waals surface area contributed by atoms with E-state index in [0.717, 1.165) is 0 Å². The molecule has 16 heavy (non-hydrogen) atoms. The zero-order chi connectivity index (χ0) is 11.5. The van der Waals surface area contributed by atoms with Gasteiger partial charge in [0.1, 0.15) is 11.6 Å². The molecular weight excluding hydrogens is 207 g/mol. The lowest BCUT2D eigenvalue weighted by Crippen LogP contribution is -2.09. The summed E-state index contributed by atoms with van der Waals surface area (Å²) in [7, 11) is 0. The van der Waals surface area contributed by atoms with Crippen molar-refractivity contribution < 1.29 is 4.39 Å². The molecular formula is C12H11FN2O. The quantitative estimate of drug-likeness (QED) is 0.839. The Bertz CT molecular complexity index is 563. The van der Waals surface area contributed by atoms with Gasteiger partial charge in [-0.15, -0.1) is 0 Å². The molecule has 0 radical (unpaired) electrons. The number of H-pyrrole nitrogens is 1. The third kappa shape index (κ3) is 2.16. The molecule has 0 saturated carbocycles. The number of nitrogens with zero attached hydrogens (tertiary/aromatic N) is 1. The molecule has 1 heterocycles. The van der Waals surface area contributed by atoms with E-state index >= 15 is 0 Å². The Balaban J connectivity index is 2.55. The standard InChI is InChI=1S/C12H11FN2O/c1-2-10-7-11(16)15-12(14-10)8-4-3-5-9(13)6-8/h3-7H,2H2,1H3,(H,14,15,16). The minimum atomic E-state index is -0.345. The van der Waals surface area contributed by atoms with Gasteiger partial charge in [-0.1, -0.05) is 19.1 Å². The lowest BCUT2D eigenvalue weighted by molar-refractivity contribution is 0.628. The van der Waals surface area contributed by atoms with E-state index in [2.05, 4.69) is 9.97 Å². The third-order valence-corrected chi connectivity index (χ3v) is 2.26. The van der Waals surface area contributed by atoms with E-state index in [4.69, 9.17) is 0 Å². The van der Waals surface area contributed by atoms with Crippen LogP contribution in [0.4, 0.5) is 4.39 Å². The van der Waals surface area contributed by atoms with Crippen LogP contribution >= 0.6 is 0 Å². The van der Waals surface area contributed by atoms with Gasteiger partial charge in [0.25, 0.3) is 5.56 Å². The van der Waals surface area contributed by atoms with Gasteiger partial charge in [0.2, 0.25) is 0 Å². The van der Waals surface area contributed by atoms with E-state index in [9.17, 15) is 9.18 Å². The first-order chi connectivity index (χ1) is 7.69. The molecule has 0 aliphatic heterocycles. The highest BCUT2D eigenvalue weighted by atomic mass is 19.1.